The first kappa shape index (κ1) is 16.0. The van der Waals surface area contributed by atoms with Gasteiger partial charge in [0.2, 0.25) is 0 Å². The number of hydrazine groups is 1. The Kier molecular flexibility index (Phi) is 5.75. The van der Waals surface area contributed by atoms with Crippen LogP contribution in [-0.2, 0) is 10.5 Å². The molecule has 9 heteroatoms. The normalized spacial score (nSPS) is 10.4. The van der Waals surface area contributed by atoms with Gasteiger partial charge in [-0.1, -0.05) is 53.2 Å². The molecule has 0 aliphatic heterocycles. The molecular weight excluding hydrogens is 335 g/mol. The molecule has 0 saturated carbocycles. The van der Waals surface area contributed by atoms with E-state index in [2.05, 4.69) is 9.97 Å². The monoisotopic (exact) mass is 346 g/mol. The fourth-order valence-electron chi connectivity index (χ4n) is 1.47. The van der Waals surface area contributed by atoms with E-state index in [1.165, 1.54) is 11.8 Å². The highest BCUT2D eigenvalue weighted by Crippen LogP contribution is 2.29. The Bertz CT molecular complexity index is 616. The van der Waals surface area contributed by atoms with E-state index in [-0.39, 0.29) is 11.8 Å². The average Bonchev–Trinajstić information content (AvgIpc) is 2.82. The molecule has 0 aliphatic carbocycles. The summed E-state index contributed by atoms with van der Waals surface area (Å²) in [5.74, 6) is 5.80. The largest absolute Gasteiger partial charge is 0.483 e. The van der Waals surface area contributed by atoms with Gasteiger partial charge in [-0.15, -0.1) is 0 Å². The van der Waals surface area contributed by atoms with Crippen LogP contribution in [0, 0.1) is 0 Å². The highest BCUT2D eigenvalue weighted by atomic mass is 35.5. The number of carbonyl (C=O) groups is 1. The number of aromatic amines is 1. The summed E-state index contributed by atoms with van der Waals surface area (Å²) in [5.41, 5.74) is 2.92. The van der Waals surface area contributed by atoms with Crippen LogP contribution in [-0.4, -0.2) is 22.5 Å². The third-order valence-electron chi connectivity index (χ3n) is 2.45. The van der Waals surface area contributed by atoms with Gasteiger partial charge >= 0.3 is 0 Å². The topological polar surface area (TPSA) is 93.0 Å². The standard InChI is InChI=1S/C12H12Cl2N4O2S/c13-10-11(14)17-12(16-10)21-6-7-3-1-2-4-8(7)20-5-9(19)18-15/h1-4H,5-6,15H2,(H,16,17)(H,18,19). The number of benzene rings is 1. The lowest BCUT2D eigenvalue weighted by atomic mass is 10.2. The van der Waals surface area contributed by atoms with Crippen molar-refractivity contribution in [1.29, 1.82) is 0 Å². The van der Waals surface area contributed by atoms with Gasteiger partial charge < -0.3 is 9.72 Å². The van der Waals surface area contributed by atoms with Crippen molar-refractivity contribution in [3.63, 3.8) is 0 Å². The number of nitrogens with zero attached hydrogens (tertiary/aromatic N) is 1. The number of nitrogens with two attached hydrogens (primary N) is 1. The summed E-state index contributed by atoms with van der Waals surface area (Å²) in [6, 6.07) is 7.38. The molecule has 1 aromatic carbocycles. The van der Waals surface area contributed by atoms with Gasteiger partial charge in [0.05, 0.1) is 0 Å². The highest BCUT2D eigenvalue weighted by molar-refractivity contribution is 7.98. The molecule has 2 aromatic rings. The summed E-state index contributed by atoms with van der Waals surface area (Å²) in [5, 5.41) is 1.16. The van der Waals surface area contributed by atoms with E-state index in [0.717, 1.165) is 5.56 Å². The van der Waals surface area contributed by atoms with Gasteiger partial charge in [0.1, 0.15) is 10.9 Å². The predicted octanol–water partition coefficient (Wildman–Crippen LogP) is 2.38. The van der Waals surface area contributed by atoms with Gasteiger partial charge in [-0.2, -0.15) is 0 Å². The first-order valence-corrected chi connectivity index (χ1v) is 7.58. The molecule has 1 amide bonds. The van der Waals surface area contributed by atoms with Crippen molar-refractivity contribution >= 4 is 40.9 Å². The lowest BCUT2D eigenvalue weighted by molar-refractivity contribution is -0.123. The van der Waals surface area contributed by atoms with Crippen LogP contribution in [0.2, 0.25) is 10.3 Å². The summed E-state index contributed by atoms with van der Waals surface area (Å²) in [7, 11) is 0. The third kappa shape index (κ3) is 4.53. The molecule has 2 rings (SSSR count). The van der Waals surface area contributed by atoms with Crippen LogP contribution < -0.4 is 16.0 Å². The Morgan fingerprint density at radius 1 is 1.43 bits per heavy atom. The number of H-pyrrole nitrogens is 1. The summed E-state index contributed by atoms with van der Waals surface area (Å²) in [6.45, 7) is -0.142. The first-order chi connectivity index (χ1) is 10.1. The molecule has 4 N–H and O–H groups in total. The molecule has 0 radical (unpaired) electrons. The van der Waals surface area contributed by atoms with Crippen LogP contribution in [0.5, 0.6) is 5.75 Å². The number of thioether (sulfide) groups is 1. The van der Waals surface area contributed by atoms with E-state index in [4.69, 9.17) is 33.8 Å². The zero-order valence-electron chi connectivity index (χ0n) is 10.7. The molecule has 1 aromatic heterocycles. The SMILES string of the molecule is NNC(=O)COc1ccccc1CSc1nc(Cl)c(Cl)[nH]1. The molecule has 0 spiro atoms. The van der Waals surface area contributed by atoms with Crippen LogP contribution in [0.25, 0.3) is 0 Å². The first-order valence-electron chi connectivity index (χ1n) is 5.84. The average molecular weight is 347 g/mol. The van der Waals surface area contributed by atoms with Gasteiger partial charge in [-0.3, -0.25) is 10.2 Å². The van der Waals surface area contributed by atoms with Gasteiger partial charge in [0.25, 0.3) is 5.91 Å². The van der Waals surface area contributed by atoms with Crippen molar-refractivity contribution < 1.29 is 9.53 Å². The number of amides is 1. The molecule has 0 saturated heterocycles. The molecule has 0 bridgehead atoms. The number of halogens is 2. The second-order valence-electron chi connectivity index (χ2n) is 3.90. The van der Waals surface area contributed by atoms with Crippen LogP contribution in [0.4, 0.5) is 0 Å². The molecule has 0 fully saturated rings. The number of hydrogen-bond acceptors (Lipinski definition) is 5. The van der Waals surface area contributed by atoms with E-state index >= 15 is 0 Å². The van der Waals surface area contributed by atoms with Crippen LogP contribution in [0.1, 0.15) is 5.56 Å². The number of carbonyl (C=O) groups excluding carboxylic acids is 1. The summed E-state index contributed by atoms with van der Waals surface area (Å²) in [6.07, 6.45) is 0. The van der Waals surface area contributed by atoms with E-state index in [1.807, 2.05) is 23.6 Å². The molecule has 1 heterocycles. The van der Waals surface area contributed by atoms with Crippen LogP contribution in [0.3, 0.4) is 0 Å². The van der Waals surface area contributed by atoms with E-state index < -0.39 is 5.91 Å². The van der Waals surface area contributed by atoms with Crippen molar-refractivity contribution in [2.24, 2.45) is 5.84 Å². The number of hydrogen-bond donors (Lipinski definition) is 3. The minimum absolute atomic E-state index is 0.142. The number of imidazole rings is 1. The fourth-order valence-corrected chi connectivity index (χ4v) is 2.71. The Morgan fingerprint density at radius 2 is 2.19 bits per heavy atom. The highest BCUT2D eigenvalue weighted by Gasteiger charge is 2.09. The Morgan fingerprint density at radius 3 is 2.86 bits per heavy atom. The zero-order valence-corrected chi connectivity index (χ0v) is 13.1. The molecule has 0 unspecified atom stereocenters. The smallest absolute Gasteiger partial charge is 0.271 e. The molecule has 0 aliphatic rings. The van der Waals surface area contributed by atoms with Gasteiger partial charge in [-0.25, -0.2) is 10.8 Å². The van der Waals surface area contributed by atoms with Crippen molar-refractivity contribution in [1.82, 2.24) is 15.4 Å². The van der Waals surface area contributed by atoms with E-state index in [0.29, 0.717) is 21.8 Å². The number of aromatic nitrogens is 2. The maximum Gasteiger partial charge on any atom is 0.271 e. The van der Waals surface area contributed by atoms with Crippen molar-refractivity contribution in [3.05, 3.63) is 40.1 Å². The Hall–Kier alpha value is -1.41. The third-order valence-corrected chi connectivity index (χ3v) is 4.02. The minimum Gasteiger partial charge on any atom is -0.483 e. The zero-order chi connectivity index (χ0) is 15.2. The lowest BCUT2D eigenvalue weighted by Gasteiger charge is -2.09. The molecule has 112 valence electrons. The van der Waals surface area contributed by atoms with Crippen molar-refractivity contribution in [2.75, 3.05) is 6.61 Å². The second-order valence-corrected chi connectivity index (χ2v) is 5.60. The summed E-state index contributed by atoms with van der Waals surface area (Å²) >= 11 is 13.0. The molecule has 0 atom stereocenters. The minimum atomic E-state index is -0.401. The predicted molar refractivity (Wildman–Crippen MR) is 82.4 cm³/mol. The quantitative estimate of drug-likeness (QED) is 0.323. The summed E-state index contributed by atoms with van der Waals surface area (Å²) in [4.78, 5) is 18.0. The molecule has 21 heavy (non-hydrogen) atoms. The summed E-state index contributed by atoms with van der Waals surface area (Å²) < 4.78 is 5.42. The van der Waals surface area contributed by atoms with Crippen LogP contribution >= 0.6 is 35.0 Å². The number of ether oxygens (including phenoxy) is 1. The molecular formula is C12H12Cl2N4O2S. The maximum atomic E-state index is 11.1. The second kappa shape index (κ2) is 7.56. The van der Waals surface area contributed by atoms with Crippen molar-refractivity contribution in [3.8, 4) is 5.75 Å². The fraction of sp³-hybridized carbons (Fsp3) is 0.167. The van der Waals surface area contributed by atoms with Gasteiger partial charge in [0, 0.05) is 11.3 Å². The Balaban J connectivity index is 2.00. The number of nitrogens with one attached hydrogen (secondary N) is 2. The van der Waals surface area contributed by atoms with E-state index in [1.54, 1.807) is 6.07 Å². The lowest BCUT2D eigenvalue weighted by Crippen LogP contribution is -2.34. The number of rotatable bonds is 6. The number of para-hydroxylation sites is 1. The van der Waals surface area contributed by atoms with E-state index in [9.17, 15) is 4.79 Å². The maximum absolute atomic E-state index is 11.1. The van der Waals surface area contributed by atoms with Crippen LogP contribution in [0.15, 0.2) is 29.4 Å². The van der Waals surface area contributed by atoms with Gasteiger partial charge in [-0.05, 0) is 6.07 Å². The van der Waals surface area contributed by atoms with Crippen molar-refractivity contribution in [2.45, 2.75) is 10.9 Å². The molecule has 6 nitrogen and oxygen atoms in total. The van der Waals surface area contributed by atoms with Gasteiger partial charge in [0.15, 0.2) is 16.9 Å². The Labute approximate surface area is 135 Å².